The van der Waals surface area contributed by atoms with Crippen LogP contribution in [0.15, 0.2) is 28.8 Å². The molecule has 0 saturated heterocycles. The van der Waals surface area contributed by atoms with Crippen LogP contribution in [0.4, 0.5) is 9.18 Å². The molecule has 2 rings (SSSR count). The summed E-state index contributed by atoms with van der Waals surface area (Å²) < 4.78 is 23.6. The maximum Gasteiger partial charge on any atom is 0.317 e. The summed E-state index contributed by atoms with van der Waals surface area (Å²) in [5.74, 6) is 0.402. The number of nitrogens with zero attached hydrogens (tertiary/aromatic N) is 2. The number of aryl methyl sites for hydroxylation is 1. The molecule has 2 amide bonds. The fourth-order valence-electron chi connectivity index (χ4n) is 2.14. The Balaban J connectivity index is 1.97. The summed E-state index contributed by atoms with van der Waals surface area (Å²) in [5.41, 5.74) is 1.32. The highest BCUT2D eigenvalue weighted by Crippen LogP contribution is 2.21. The van der Waals surface area contributed by atoms with Crippen LogP contribution in [0.2, 0.25) is 0 Å². The molecule has 1 N–H and O–H groups in total. The molecule has 0 spiro atoms. The van der Waals surface area contributed by atoms with Crippen molar-refractivity contribution in [1.82, 2.24) is 15.4 Å². The van der Waals surface area contributed by atoms with Gasteiger partial charge in [0.1, 0.15) is 11.5 Å². The zero-order chi connectivity index (χ0) is 17.0. The normalized spacial score (nSPS) is 11.9. The van der Waals surface area contributed by atoms with Crippen molar-refractivity contribution in [3.8, 4) is 5.75 Å². The van der Waals surface area contributed by atoms with Gasteiger partial charge in [0, 0.05) is 13.1 Å². The van der Waals surface area contributed by atoms with Crippen molar-refractivity contribution in [3.05, 3.63) is 47.1 Å². The average molecular weight is 321 g/mol. The SMILES string of the molecule is COc1ccc([C@H](C)NC(=O)N(C)Cc2cc(C)on2)cc1F. The summed E-state index contributed by atoms with van der Waals surface area (Å²) in [6.45, 7) is 3.90. The van der Waals surface area contributed by atoms with Crippen LogP contribution < -0.4 is 10.1 Å². The number of urea groups is 1. The molecule has 0 aliphatic carbocycles. The molecular formula is C16H20FN3O3. The van der Waals surface area contributed by atoms with Crippen LogP contribution >= 0.6 is 0 Å². The third-order valence-electron chi connectivity index (χ3n) is 3.44. The average Bonchev–Trinajstić information content (AvgIpc) is 2.92. The molecule has 0 fully saturated rings. The van der Waals surface area contributed by atoms with Gasteiger partial charge in [-0.3, -0.25) is 0 Å². The molecule has 124 valence electrons. The molecule has 6 nitrogen and oxygen atoms in total. The summed E-state index contributed by atoms with van der Waals surface area (Å²) in [6.07, 6.45) is 0. The smallest absolute Gasteiger partial charge is 0.317 e. The van der Waals surface area contributed by atoms with Crippen molar-refractivity contribution >= 4 is 6.03 Å². The molecule has 0 unspecified atom stereocenters. The summed E-state index contributed by atoms with van der Waals surface area (Å²) in [4.78, 5) is 13.7. The molecule has 0 bridgehead atoms. The summed E-state index contributed by atoms with van der Waals surface area (Å²) in [7, 11) is 3.06. The summed E-state index contributed by atoms with van der Waals surface area (Å²) >= 11 is 0. The first-order valence-corrected chi connectivity index (χ1v) is 7.18. The number of methoxy groups -OCH3 is 1. The number of ether oxygens (including phenoxy) is 1. The molecule has 0 radical (unpaired) electrons. The molecule has 7 heteroatoms. The van der Waals surface area contributed by atoms with Gasteiger partial charge in [-0.25, -0.2) is 9.18 Å². The molecule has 1 heterocycles. The van der Waals surface area contributed by atoms with E-state index in [2.05, 4.69) is 10.5 Å². The summed E-state index contributed by atoms with van der Waals surface area (Å²) in [5, 5.41) is 6.65. The number of hydrogen-bond acceptors (Lipinski definition) is 4. The molecule has 1 aromatic heterocycles. The Morgan fingerprint density at radius 2 is 2.22 bits per heavy atom. The summed E-state index contributed by atoms with van der Waals surface area (Å²) in [6, 6.07) is 5.75. The zero-order valence-electron chi connectivity index (χ0n) is 13.6. The third-order valence-corrected chi connectivity index (χ3v) is 3.44. The standard InChI is InChI=1S/C16H20FN3O3/c1-10-7-13(19-23-10)9-20(3)16(21)18-11(2)12-5-6-15(22-4)14(17)8-12/h5-8,11H,9H2,1-4H3,(H,18,21)/t11-/m0/s1. The second kappa shape index (κ2) is 7.13. The lowest BCUT2D eigenvalue weighted by atomic mass is 10.1. The second-order valence-electron chi connectivity index (χ2n) is 5.35. The molecule has 0 aliphatic rings. The molecular weight excluding hydrogens is 301 g/mol. The quantitative estimate of drug-likeness (QED) is 0.919. The Hall–Kier alpha value is -2.57. The minimum Gasteiger partial charge on any atom is -0.494 e. The molecule has 1 atom stereocenters. The predicted molar refractivity (Wildman–Crippen MR) is 82.6 cm³/mol. The molecule has 0 aliphatic heterocycles. The predicted octanol–water partition coefficient (Wildman–Crippen LogP) is 3.03. The fourth-order valence-corrected chi connectivity index (χ4v) is 2.14. The Kier molecular flexibility index (Phi) is 5.20. The Morgan fingerprint density at radius 3 is 2.78 bits per heavy atom. The highest BCUT2D eigenvalue weighted by Gasteiger charge is 2.16. The monoisotopic (exact) mass is 321 g/mol. The first kappa shape index (κ1) is 16.8. The number of amides is 2. The fraction of sp³-hybridized carbons (Fsp3) is 0.375. The lowest BCUT2D eigenvalue weighted by molar-refractivity contribution is 0.202. The van der Waals surface area contributed by atoms with Crippen molar-refractivity contribution in [2.75, 3.05) is 14.2 Å². The van der Waals surface area contributed by atoms with Crippen molar-refractivity contribution in [2.45, 2.75) is 26.4 Å². The van der Waals surface area contributed by atoms with Gasteiger partial charge in [-0.15, -0.1) is 0 Å². The van der Waals surface area contributed by atoms with Gasteiger partial charge < -0.3 is 19.5 Å². The van der Waals surface area contributed by atoms with Crippen LogP contribution in [0.25, 0.3) is 0 Å². The van der Waals surface area contributed by atoms with Crippen LogP contribution in [0, 0.1) is 12.7 Å². The minimum atomic E-state index is -0.461. The molecule has 23 heavy (non-hydrogen) atoms. The van der Waals surface area contributed by atoms with Crippen molar-refractivity contribution in [2.24, 2.45) is 0 Å². The van der Waals surface area contributed by atoms with Gasteiger partial charge in [0.2, 0.25) is 0 Å². The molecule has 2 aromatic rings. The van der Waals surface area contributed by atoms with E-state index in [0.717, 1.165) is 0 Å². The lowest BCUT2D eigenvalue weighted by Crippen LogP contribution is -2.38. The van der Waals surface area contributed by atoms with Gasteiger partial charge >= 0.3 is 6.03 Å². The van der Waals surface area contributed by atoms with Crippen LogP contribution in [0.1, 0.15) is 30.0 Å². The van der Waals surface area contributed by atoms with E-state index in [0.29, 0.717) is 23.6 Å². The Morgan fingerprint density at radius 1 is 1.48 bits per heavy atom. The van der Waals surface area contributed by atoms with Crippen LogP contribution in [0.5, 0.6) is 5.75 Å². The van der Waals surface area contributed by atoms with E-state index in [-0.39, 0.29) is 17.8 Å². The highest BCUT2D eigenvalue weighted by molar-refractivity contribution is 5.74. The second-order valence-corrected chi connectivity index (χ2v) is 5.35. The number of rotatable bonds is 5. The first-order valence-electron chi connectivity index (χ1n) is 7.18. The van der Waals surface area contributed by atoms with E-state index < -0.39 is 5.82 Å². The Labute approximate surface area is 134 Å². The third kappa shape index (κ3) is 4.21. The molecule has 1 aromatic carbocycles. The van der Waals surface area contributed by atoms with Crippen LogP contribution in [-0.4, -0.2) is 30.2 Å². The molecule has 0 saturated carbocycles. The number of halogens is 1. The number of carbonyl (C=O) groups is 1. The van der Waals surface area contributed by atoms with Gasteiger partial charge in [-0.1, -0.05) is 11.2 Å². The maximum absolute atomic E-state index is 13.7. The first-order chi connectivity index (χ1) is 10.9. The topological polar surface area (TPSA) is 67.6 Å². The van der Waals surface area contributed by atoms with E-state index in [4.69, 9.17) is 9.26 Å². The van der Waals surface area contributed by atoms with Crippen molar-refractivity contribution < 1.29 is 18.4 Å². The van der Waals surface area contributed by atoms with Crippen molar-refractivity contribution in [3.63, 3.8) is 0 Å². The number of nitrogens with one attached hydrogen (secondary N) is 1. The largest absolute Gasteiger partial charge is 0.494 e. The number of carbonyl (C=O) groups excluding carboxylic acids is 1. The van der Waals surface area contributed by atoms with E-state index in [1.807, 2.05) is 0 Å². The van der Waals surface area contributed by atoms with Gasteiger partial charge in [0.25, 0.3) is 0 Å². The van der Waals surface area contributed by atoms with Gasteiger partial charge in [-0.2, -0.15) is 0 Å². The van der Waals surface area contributed by atoms with Gasteiger partial charge in [0.15, 0.2) is 11.6 Å². The van der Waals surface area contributed by atoms with Crippen molar-refractivity contribution in [1.29, 1.82) is 0 Å². The number of aromatic nitrogens is 1. The number of benzene rings is 1. The van der Waals surface area contributed by atoms with Gasteiger partial charge in [0.05, 0.1) is 19.7 Å². The lowest BCUT2D eigenvalue weighted by Gasteiger charge is -2.21. The number of hydrogen-bond donors (Lipinski definition) is 1. The van der Waals surface area contributed by atoms with E-state index in [1.165, 1.54) is 24.1 Å². The maximum atomic E-state index is 13.7. The minimum absolute atomic E-state index is 0.172. The van der Waals surface area contributed by atoms with E-state index in [1.54, 1.807) is 33.0 Å². The highest BCUT2D eigenvalue weighted by atomic mass is 19.1. The zero-order valence-corrected chi connectivity index (χ0v) is 13.6. The van der Waals surface area contributed by atoms with Crippen LogP contribution in [-0.2, 0) is 6.54 Å². The Bertz CT molecular complexity index is 687. The van der Waals surface area contributed by atoms with Crippen LogP contribution in [0.3, 0.4) is 0 Å². The van der Waals surface area contributed by atoms with E-state index >= 15 is 0 Å². The van der Waals surface area contributed by atoms with Gasteiger partial charge in [-0.05, 0) is 31.5 Å². The van der Waals surface area contributed by atoms with E-state index in [9.17, 15) is 9.18 Å².